The lowest BCUT2D eigenvalue weighted by molar-refractivity contribution is 0.311. The van der Waals surface area contributed by atoms with E-state index in [1.165, 1.54) is 5.56 Å². The SMILES string of the molecule is Cc1cc(C#Cc2ccc(Cl)cc2)ccc1OCCNCc1ccc(CN)cc1. The van der Waals surface area contributed by atoms with Crippen molar-refractivity contribution in [1.29, 1.82) is 0 Å². The topological polar surface area (TPSA) is 47.3 Å². The molecule has 148 valence electrons. The second kappa shape index (κ2) is 10.7. The molecule has 0 bridgehead atoms. The Morgan fingerprint density at radius 1 is 0.897 bits per heavy atom. The minimum atomic E-state index is 0.576. The average molecular weight is 405 g/mol. The highest BCUT2D eigenvalue weighted by molar-refractivity contribution is 6.30. The van der Waals surface area contributed by atoms with Gasteiger partial charge in [-0.3, -0.25) is 0 Å². The van der Waals surface area contributed by atoms with Gasteiger partial charge in [-0.15, -0.1) is 0 Å². The van der Waals surface area contributed by atoms with E-state index in [-0.39, 0.29) is 0 Å². The molecule has 29 heavy (non-hydrogen) atoms. The van der Waals surface area contributed by atoms with Crippen molar-refractivity contribution in [3.8, 4) is 17.6 Å². The van der Waals surface area contributed by atoms with Gasteiger partial charge < -0.3 is 15.8 Å². The van der Waals surface area contributed by atoms with E-state index in [9.17, 15) is 0 Å². The molecule has 0 fully saturated rings. The van der Waals surface area contributed by atoms with Crippen molar-refractivity contribution in [2.24, 2.45) is 5.73 Å². The standard InChI is InChI=1S/C25H25ClN2O/c1-19-16-21(3-2-20-8-11-24(26)12-9-20)10-13-25(19)29-15-14-28-18-23-6-4-22(17-27)5-7-23/h4-13,16,28H,14-15,17-18,27H2,1H3. The van der Waals surface area contributed by atoms with E-state index >= 15 is 0 Å². The molecular weight excluding hydrogens is 380 g/mol. The summed E-state index contributed by atoms with van der Waals surface area (Å²) >= 11 is 5.90. The van der Waals surface area contributed by atoms with E-state index in [2.05, 4.69) is 41.4 Å². The van der Waals surface area contributed by atoms with Gasteiger partial charge in [0.1, 0.15) is 12.4 Å². The predicted molar refractivity (Wildman–Crippen MR) is 120 cm³/mol. The second-order valence-corrected chi connectivity index (χ2v) is 7.22. The van der Waals surface area contributed by atoms with E-state index in [0.29, 0.717) is 18.2 Å². The summed E-state index contributed by atoms with van der Waals surface area (Å²) in [6.45, 7) is 4.81. The van der Waals surface area contributed by atoms with E-state index in [1.54, 1.807) is 0 Å². The number of halogens is 1. The Labute approximate surface area is 177 Å². The maximum Gasteiger partial charge on any atom is 0.122 e. The van der Waals surface area contributed by atoms with Gasteiger partial charge in [0.25, 0.3) is 0 Å². The highest BCUT2D eigenvalue weighted by Crippen LogP contribution is 2.19. The summed E-state index contributed by atoms with van der Waals surface area (Å²) in [5.41, 5.74) is 11.0. The van der Waals surface area contributed by atoms with Gasteiger partial charge in [0.2, 0.25) is 0 Å². The first kappa shape index (κ1) is 21.0. The molecule has 0 saturated carbocycles. The van der Waals surface area contributed by atoms with Gasteiger partial charge >= 0.3 is 0 Å². The molecule has 0 aliphatic rings. The lowest BCUT2D eigenvalue weighted by Gasteiger charge is -2.10. The fourth-order valence-corrected chi connectivity index (χ4v) is 2.95. The predicted octanol–water partition coefficient (Wildman–Crippen LogP) is 4.68. The normalized spacial score (nSPS) is 10.3. The number of nitrogens with one attached hydrogen (secondary N) is 1. The largest absolute Gasteiger partial charge is 0.492 e. The van der Waals surface area contributed by atoms with Crippen LogP contribution in [0.1, 0.15) is 27.8 Å². The molecule has 3 rings (SSSR count). The molecule has 3 nitrogen and oxygen atoms in total. The van der Waals surface area contributed by atoms with Gasteiger partial charge in [-0.05, 0) is 66.1 Å². The Morgan fingerprint density at radius 2 is 1.55 bits per heavy atom. The summed E-state index contributed by atoms with van der Waals surface area (Å²) in [7, 11) is 0. The quantitative estimate of drug-likeness (QED) is 0.444. The summed E-state index contributed by atoms with van der Waals surface area (Å²) in [4.78, 5) is 0. The fraction of sp³-hybridized carbons (Fsp3) is 0.200. The van der Waals surface area contributed by atoms with E-state index in [1.807, 2.05) is 49.4 Å². The Morgan fingerprint density at radius 3 is 2.24 bits per heavy atom. The summed E-state index contributed by atoms with van der Waals surface area (Å²) < 4.78 is 5.90. The van der Waals surface area contributed by atoms with Gasteiger partial charge in [-0.2, -0.15) is 0 Å². The highest BCUT2D eigenvalue weighted by Gasteiger charge is 2.01. The first-order chi connectivity index (χ1) is 14.1. The first-order valence-electron chi connectivity index (χ1n) is 9.64. The smallest absolute Gasteiger partial charge is 0.122 e. The molecule has 0 aliphatic carbocycles. The molecule has 3 aromatic carbocycles. The van der Waals surface area contributed by atoms with Crippen LogP contribution in [0.15, 0.2) is 66.7 Å². The molecule has 3 N–H and O–H groups in total. The Hall–Kier alpha value is -2.77. The highest BCUT2D eigenvalue weighted by atomic mass is 35.5. The van der Waals surface area contributed by atoms with Crippen LogP contribution in [-0.2, 0) is 13.1 Å². The van der Waals surface area contributed by atoms with Crippen LogP contribution in [-0.4, -0.2) is 13.2 Å². The monoisotopic (exact) mass is 404 g/mol. The third-order valence-corrected chi connectivity index (χ3v) is 4.75. The van der Waals surface area contributed by atoms with Crippen molar-refractivity contribution in [3.05, 3.63) is 99.6 Å². The Balaban J connectivity index is 1.46. The third kappa shape index (κ3) is 6.66. The zero-order chi connectivity index (χ0) is 20.5. The third-order valence-electron chi connectivity index (χ3n) is 4.49. The summed E-state index contributed by atoms with van der Waals surface area (Å²) in [6.07, 6.45) is 0. The van der Waals surface area contributed by atoms with Gasteiger partial charge in [0, 0.05) is 35.8 Å². The molecule has 0 amide bonds. The summed E-state index contributed by atoms with van der Waals surface area (Å²) in [6, 6.07) is 21.9. The number of benzene rings is 3. The molecule has 0 aromatic heterocycles. The molecule has 0 spiro atoms. The van der Waals surface area contributed by atoms with E-state index in [0.717, 1.165) is 41.1 Å². The number of rotatable bonds is 7. The zero-order valence-electron chi connectivity index (χ0n) is 16.5. The van der Waals surface area contributed by atoms with Crippen molar-refractivity contribution >= 4 is 11.6 Å². The van der Waals surface area contributed by atoms with Crippen molar-refractivity contribution in [1.82, 2.24) is 5.32 Å². The van der Waals surface area contributed by atoms with Crippen LogP contribution >= 0.6 is 11.6 Å². The van der Waals surface area contributed by atoms with Crippen LogP contribution in [0.5, 0.6) is 5.75 Å². The lowest BCUT2D eigenvalue weighted by Crippen LogP contribution is -2.20. The molecule has 0 heterocycles. The minimum Gasteiger partial charge on any atom is -0.492 e. The molecule has 4 heteroatoms. The second-order valence-electron chi connectivity index (χ2n) is 6.78. The Kier molecular flexibility index (Phi) is 7.72. The molecule has 0 unspecified atom stereocenters. The number of hydrogen-bond donors (Lipinski definition) is 2. The van der Waals surface area contributed by atoms with Gasteiger partial charge in [-0.1, -0.05) is 47.7 Å². The first-order valence-corrected chi connectivity index (χ1v) is 10.0. The van der Waals surface area contributed by atoms with Crippen LogP contribution < -0.4 is 15.8 Å². The Bertz CT molecular complexity index is 986. The van der Waals surface area contributed by atoms with Crippen LogP contribution in [0.2, 0.25) is 5.02 Å². The average Bonchev–Trinajstić information content (AvgIpc) is 2.75. The van der Waals surface area contributed by atoms with Crippen molar-refractivity contribution in [2.45, 2.75) is 20.0 Å². The number of ether oxygens (including phenoxy) is 1. The fourth-order valence-electron chi connectivity index (χ4n) is 2.83. The van der Waals surface area contributed by atoms with Gasteiger partial charge in [-0.25, -0.2) is 0 Å². The molecule has 0 radical (unpaired) electrons. The van der Waals surface area contributed by atoms with Crippen molar-refractivity contribution in [2.75, 3.05) is 13.2 Å². The summed E-state index contributed by atoms with van der Waals surface area (Å²) in [5, 5.41) is 4.11. The maximum absolute atomic E-state index is 5.90. The van der Waals surface area contributed by atoms with Crippen LogP contribution in [0.25, 0.3) is 0 Å². The van der Waals surface area contributed by atoms with E-state index in [4.69, 9.17) is 22.1 Å². The molecule has 0 aliphatic heterocycles. The van der Waals surface area contributed by atoms with Crippen LogP contribution in [0.3, 0.4) is 0 Å². The number of hydrogen-bond acceptors (Lipinski definition) is 3. The van der Waals surface area contributed by atoms with Crippen molar-refractivity contribution < 1.29 is 4.74 Å². The molecule has 0 saturated heterocycles. The minimum absolute atomic E-state index is 0.576. The van der Waals surface area contributed by atoms with E-state index < -0.39 is 0 Å². The number of aryl methyl sites for hydroxylation is 1. The lowest BCUT2D eigenvalue weighted by atomic mass is 10.1. The van der Waals surface area contributed by atoms with Gasteiger partial charge in [0.15, 0.2) is 0 Å². The summed E-state index contributed by atoms with van der Waals surface area (Å²) in [5.74, 6) is 7.22. The zero-order valence-corrected chi connectivity index (χ0v) is 17.3. The molecule has 3 aromatic rings. The van der Waals surface area contributed by atoms with Crippen LogP contribution in [0.4, 0.5) is 0 Å². The van der Waals surface area contributed by atoms with Crippen LogP contribution in [0, 0.1) is 18.8 Å². The molecular formula is C25H25ClN2O. The van der Waals surface area contributed by atoms with Crippen molar-refractivity contribution in [3.63, 3.8) is 0 Å². The number of nitrogens with two attached hydrogens (primary N) is 1. The van der Waals surface area contributed by atoms with Gasteiger partial charge in [0.05, 0.1) is 0 Å². The maximum atomic E-state index is 5.90. The molecule has 0 atom stereocenters.